The molecule has 1 aromatic carbocycles. The van der Waals surface area contributed by atoms with Crippen molar-refractivity contribution < 1.29 is 10.2 Å². The molecule has 0 saturated carbocycles. The molecule has 0 aliphatic carbocycles. The summed E-state index contributed by atoms with van der Waals surface area (Å²) in [5, 5.41) is 18.4. The zero-order valence-electron chi connectivity index (χ0n) is 7.28. The summed E-state index contributed by atoms with van der Waals surface area (Å²) < 4.78 is 0. The molecular formula is C10H13ClO2. The molecule has 0 aliphatic heterocycles. The summed E-state index contributed by atoms with van der Waals surface area (Å²) in [5.74, 6) is -0.0684. The van der Waals surface area contributed by atoms with E-state index < -0.39 is 0 Å². The Kier molecular flexibility index (Phi) is 4.22. The van der Waals surface area contributed by atoms with E-state index in [0.717, 1.165) is 5.56 Å². The third-order valence-corrected chi connectivity index (χ3v) is 2.21. The van der Waals surface area contributed by atoms with Crippen molar-refractivity contribution in [3.63, 3.8) is 0 Å². The van der Waals surface area contributed by atoms with Crippen molar-refractivity contribution in [2.75, 3.05) is 13.2 Å². The second-order valence-electron chi connectivity index (χ2n) is 3.06. The van der Waals surface area contributed by atoms with Gasteiger partial charge in [0.25, 0.3) is 0 Å². The van der Waals surface area contributed by atoms with E-state index in [2.05, 4.69) is 0 Å². The molecule has 0 aliphatic rings. The average Bonchev–Trinajstić information content (AvgIpc) is 2.17. The first-order valence-corrected chi connectivity index (χ1v) is 4.60. The number of hydrogen-bond acceptors (Lipinski definition) is 2. The first-order chi connectivity index (χ1) is 6.26. The summed E-state index contributed by atoms with van der Waals surface area (Å²) in [6, 6.07) is 7.42. The molecule has 2 nitrogen and oxygen atoms in total. The molecule has 2 N–H and O–H groups in total. The zero-order valence-corrected chi connectivity index (χ0v) is 8.04. The quantitative estimate of drug-likeness (QED) is 0.773. The standard InChI is InChI=1S/C10H13ClO2/c11-10-3-1-8(2-4-10)5-9(6-12)7-13/h1-4,9,12-13H,5-7H2. The second kappa shape index (κ2) is 5.22. The van der Waals surface area contributed by atoms with Crippen LogP contribution in [0.15, 0.2) is 24.3 Å². The monoisotopic (exact) mass is 200 g/mol. The van der Waals surface area contributed by atoms with Crippen molar-refractivity contribution in [1.82, 2.24) is 0 Å². The van der Waals surface area contributed by atoms with Crippen molar-refractivity contribution in [3.8, 4) is 0 Å². The summed E-state index contributed by atoms with van der Waals surface area (Å²) >= 11 is 5.72. The fraction of sp³-hybridized carbons (Fsp3) is 0.400. The Balaban J connectivity index is 2.58. The lowest BCUT2D eigenvalue weighted by Gasteiger charge is -2.10. The molecule has 0 aromatic heterocycles. The third-order valence-electron chi connectivity index (χ3n) is 1.95. The molecule has 0 bridgehead atoms. The predicted octanol–water partition coefficient (Wildman–Crippen LogP) is 1.48. The minimum Gasteiger partial charge on any atom is -0.396 e. The largest absolute Gasteiger partial charge is 0.396 e. The molecule has 72 valence electrons. The van der Waals surface area contributed by atoms with Crippen LogP contribution in [0.1, 0.15) is 5.56 Å². The summed E-state index contributed by atoms with van der Waals surface area (Å²) in [4.78, 5) is 0. The van der Waals surface area contributed by atoms with Gasteiger partial charge >= 0.3 is 0 Å². The van der Waals surface area contributed by atoms with Gasteiger partial charge in [-0.05, 0) is 24.1 Å². The molecule has 0 spiro atoms. The molecule has 1 rings (SSSR count). The van der Waals surface area contributed by atoms with E-state index >= 15 is 0 Å². The van der Waals surface area contributed by atoms with Crippen molar-refractivity contribution >= 4 is 11.6 Å². The lowest BCUT2D eigenvalue weighted by molar-refractivity contribution is 0.150. The smallest absolute Gasteiger partial charge is 0.0484 e. The zero-order chi connectivity index (χ0) is 9.68. The molecule has 0 saturated heterocycles. The normalized spacial score (nSPS) is 10.8. The fourth-order valence-electron chi connectivity index (χ4n) is 1.14. The van der Waals surface area contributed by atoms with E-state index in [1.165, 1.54) is 0 Å². The Morgan fingerprint density at radius 1 is 1.08 bits per heavy atom. The van der Waals surface area contributed by atoms with Crippen LogP contribution in [0.3, 0.4) is 0 Å². The van der Waals surface area contributed by atoms with Crippen LogP contribution >= 0.6 is 11.6 Å². The summed E-state index contributed by atoms with van der Waals surface area (Å²) in [6.45, 7) is 0.0260. The summed E-state index contributed by atoms with van der Waals surface area (Å²) in [6.07, 6.45) is 0.685. The van der Waals surface area contributed by atoms with Crippen molar-refractivity contribution in [2.24, 2.45) is 5.92 Å². The van der Waals surface area contributed by atoms with E-state index in [1.807, 2.05) is 24.3 Å². The Morgan fingerprint density at radius 3 is 2.08 bits per heavy atom. The van der Waals surface area contributed by atoms with Gasteiger partial charge in [-0.2, -0.15) is 0 Å². The van der Waals surface area contributed by atoms with Gasteiger partial charge in [0.05, 0.1) is 0 Å². The number of benzene rings is 1. The van der Waals surface area contributed by atoms with Gasteiger partial charge in [-0.25, -0.2) is 0 Å². The third kappa shape index (κ3) is 3.35. The van der Waals surface area contributed by atoms with Gasteiger partial charge in [0.1, 0.15) is 0 Å². The van der Waals surface area contributed by atoms with Crippen LogP contribution in [0.25, 0.3) is 0 Å². The molecule has 0 radical (unpaired) electrons. The highest BCUT2D eigenvalue weighted by molar-refractivity contribution is 6.30. The van der Waals surface area contributed by atoms with Crippen LogP contribution < -0.4 is 0 Å². The molecule has 3 heteroatoms. The van der Waals surface area contributed by atoms with Crippen LogP contribution in [-0.2, 0) is 6.42 Å². The Labute approximate surface area is 82.8 Å². The van der Waals surface area contributed by atoms with Crippen LogP contribution in [0, 0.1) is 5.92 Å². The van der Waals surface area contributed by atoms with Crippen LogP contribution in [0.4, 0.5) is 0 Å². The molecule has 1 aromatic rings. The SMILES string of the molecule is OCC(CO)Cc1ccc(Cl)cc1. The van der Waals surface area contributed by atoms with Crippen LogP contribution in [-0.4, -0.2) is 23.4 Å². The topological polar surface area (TPSA) is 40.5 Å². The summed E-state index contributed by atoms with van der Waals surface area (Å²) in [7, 11) is 0. The first-order valence-electron chi connectivity index (χ1n) is 4.22. The molecule has 0 fully saturated rings. The van der Waals surface area contributed by atoms with Crippen LogP contribution in [0.2, 0.25) is 5.02 Å². The maximum absolute atomic E-state index is 8.86. The average molecular weight is 201 g/mol. The van der Waals surface area contributed by atoms with Crippen molar-refractivity contribution in [3.05, 3.63) is 34.9 Å². The predicted molar refractivity (Wildman–Crippen MR) is 52.8 cm³/mol. The van der Waals surface area contributed by atoms with Gasteiger partial charge in [-0.15, -0.1) is 0 Å². The van der Waals surface area contributed by atoms with E-state index in [4.69, 9.17) is 21.8 Å². The van der Waals surface area contributed by atoms with E-state index in [-0.39, 0.29) is 19.1 Å². The minimum absolute atomic E-state index is 0.0130. The summed E-state index contributed by atoms with van der Waals surface area (Å²) in [5.41, 5.74) is 1.08. The second-order valence-corrected chi connectivity index (χ2v) is 3.50. The Hall–Kier alpha value is -0.570. The lowest BCUT2D eigenvalue weighted by Crippen LogP contribution is -2.13. The molecule has 0 amide bonds. The Bertz CT molecular complexity index is 242. The van der Waals surface area contributed by atoms with Gasteiger partial charge in [0, 0.05) is 24.2 Å². The number of hydrogen-bond donors (Lipinski definition) is 2. The van der Waals surface area contributed by atoms with Gasteiger partial charge in [0.15, 0.2) is 0 Å². The first kappa shape index (κ1) is 10.5. The van der Waals surface area contributed by atoms with Gasteiger partial charge in [-0.3, -0.25) is 0 Å². The Morgan fingerprint density at radius 2 is 1.62 bits per heavy atom. The molecule has 13 heavy (non-hydrogen) atoms. The molecule has 0 unspecified atom stereocenters. The highest BCUT2D eigenvalue weighted by atomic mass is 35.5. The molecule has 0 atom stereocenters. The fourth-order valence-corrected chi connectivity index (χ4v) is 1.27. The van der Waals surface area contributed by atoms with Crippen LogP contribution in [0.5, 0.6) is 0 Å². The lowest BCUT2D eigenvalue weighted by atomic mass is 10.0. The maximum atomic E-state index is 8.86. The van der Waals surface area contributed by atoms with Gasteiger partial charge < -0.3 is 10.2 Å². The van der Waals surface area contributed by atoms with E-state index in [1.54, 1.807) is 0 Å². The highest BCUT2D eigenvalue weighted by Gasteiger charge is 2.06. The minimum atomic E-state index is -0.0684. The van der Waals surface area contributed by atoms with E-state index in [0.29, 0.717) is 11.4 Å². The molecule has 0 heterocycles. The molecular weight excluding hydrogens is 188 g/mol. The van der Waals surface area contributed by atoms with Crippen molar-refractivity contribution in [1.29, 1.82) is 0 Å². The van der Waals surface area contributed by atoms with E-state index in [9.17, 15) is 0 Å². The number of aliphatic hydroxyl groups is 2. The highest BCUT2D eigenvalue weighted by Crippen LogP contribution is 2.12. The van der Waals surface area contributed by atoms with Crippen molar-refractivity contribution in [2.45, 2.75) is 6.42 Å². The van der Waals surface area contributed by atoms with Gasteiger partial charge in [0.2, 0.25) is 0 Å². The number of rotatable bonds is 4. The number of aliphatic hydroxyl groups excluding tert-OH is 2. The van der Waals surface area contributed by atoms with Gasteiger partial charge in [-0.1, -0.05) is 23.7 Å². The maximum Gasteiger partial charge on any atom is 0.0484 e. The number of halogens is 1.